The lowest BCUT2D eigenvalue weighted by atomic mass is 9.98. The fourth-order valence-electron chi connectivity index (χ4n) is 2.88. The smallest absolute Gasteiger partial charge is 0.339 e. The maximum Gasteiger partial charge on any atom is 0.339 e. The Morgan fingerprint density at radius 3 is 2.22 bits per heavy atom. The Morgan fingerprint density at radius 2 is 1.63 bits per heavy atom. The van der Waals surface area contributed by atoms with Crippen LogP contribution < -0.4 is 0 Å². The van der Waals surface area contributed by atoms with Crippen molar-refractivity contribution in [3.63, 3.8) is 0 Å². The lowest BCUT2D eigenvalue weighted by Crippen LogP contribution is -2.12. The van der Waals surface area contributed by atoms with Crippen molar-refractivity contribution in [2.75, 3.05) is 6.61 Å². The fourth-order valence-corrected chi connectivity index (χ4v) is 2.88. The van der Waals surface area contributed by atoms with E-state index in [4.69, 9.17) is 4.74 Å². The van der Waals surface area contributed by atoms with Crippen LogP contribution in [0.1, 0.15) is 40.1 Å². The molecule has 0 saturated carbocycles. The molecular weight excluding hydrogens is 356 g/mol. The Bertz CT molecular complexity index is 1010. The van der Waals surface area contributed by atoms with E-state index in [9.17, 15) is 29.8 Å². The largest absolute Gasteiger partial charge is 0.462 e. The topological polar surface area (TPSA) is 130 Å². The van der Waals surface area contributed by atoms with E-state index in [0.29, 0.717) is 5.56 Å². The summed E-state index contributed by atoms with van der Waals surface area (Å²) >= 11 is 0. The number of hydrogen-bond acceptors (Lipinski definition) is 7. The maximum atomic E-state index is 12.7. The molecule has 0 aliphatic heterocycles. The van der Waals surface area contributed by atoms with E-state index >= 15 is 0 Å². The minimum absolute atomic E-state index is 0.0256. The number of nitro groups is 2. The third kappa shape index (κ3) is 3.14. The van der Waals surface area contributed by atoms with Gasteiger partial charge in [0.25, 0.3) is 11.4 Å². The van der Waals surface area contributed by atoms with E-state index in [2.05, 4.69) is 0 Å². The molecule has 0 atom stereocenters. The van der Waals surface area contributed by atoms with Gasteiger partial charge < -0.3 is 4.74 Å². The Morgan fingerprint density at radius 1 is 1.00 bits per heavy atom. The zero-order valence-electron chi connectivity index (χ0n) is 14.4. The standard InChI is InChI=1S/C18H14N2O7/c1-9(2)8-27-18(22)15-7-11(20(25)26)6-14-16(15)12-4-3-10(19(23)24)5-13(12)17(14)21/h3-7,9H,8H2,1-2H3. The Hall–Kier alpha value is -3.62. The van der Waals surface area contributed by atoms with Gasteiger partial charge in [0.15, 0.2) is 5.78 Å². The monoisotopic (exact) mass is 370 g/mol. The summed E-state index contributed by atoms with van der Waals surface area (Å²) in [6, 6.07) is 5.81. The second-order valence-electron chi connectivity index (χ2n) is 6.48. The van der Waals surface area contributed by atoms with E-state index in [1.165, 1.54) is 12.1 Å². The zero-order valence-corrected chi connectivity index (χ0v) is 14.4. The molecule has 2 aromatic rings. The van der Waals surface area contributed by atoms with Crippen molar-refractivity contribution in [1.29, 1.82) is 0 Å². The van der Waals surface area contributed by atoms with E-state index in [1.807, 2.05) is 13.8 Å². The highest BCUT2D eigenvalue weighted by atomic mass is 16.6. The summed E-state index contributed by atoms with van der Waals surface area (Å²) in [5, 5.41) is 22.2. The summed E-state index contributed by atoms with van der Waals surface area (Å²) in [6.07, 6.45) is 0. The van der Waals surface area contributed by atoms with Crippen molar-refractivity contribution in [1.82, 2.24) is 0 Å². The van der Waals surface area contributed by atoms with Crippen molar-refractivity contribution in [3.8, 4) is 11.1 Å². The number of carbonyl (C=O) groups excluding carboxylic acids is 2. The number of non-ortho nitro benzene ring substituents is 2. The van der Waals surface area contributed by atoms with Crippen molar-refractivity contribution in [3.05, 3.63) is 67.3 Å². The summed E-state index contributed by atoms with van der Waals surface area (Å²) in [6.45, 7) is 3.78. The summed E-state index contributed by atoms with van der Waals surface area (Å²) in [5.74, 6) is -1.34. The molecule has 1 aliphatic carbocycles. The van der Waals surface area contributed by atoms with Crippen molar-refractivity contribution in [2.24, 2.45) is 5.92 Å². The highest BCUT2D eigenvalue weighted by Gasteiger charge is 2.35. The first-order valence-corrected chi connectivity index (χ1v) is 8.03. The van der Waals surface area contributed by atoms with Gasteiger partial charge in [0.2, 0.25) is 0 Å². The van der Waals surface area contributed by atoms with Gasteiger partial charge in [-0.25, -0.2) is 4.79 Å². The van der Waals surface area contributed by atoms with Gasteiger partial charge in [-0.15, -0.1) is 0 Å². The zero-order chi connectivity index (χ0) is 19.9. The molecule has 0 radical (unpaired) electrons. The molecule has 0 amide bonds. The van der Waals surface area contributed by atoms with Crippen LogP contribution in [0.3, 0.4) is 0 Å². The molecule has 3 rings (SSSR count). The van der Waals surface area contributed by atoms with Gasteiger partial charge in [-0.2, -0.15) is 0 Å². The van der Waals surface area contributed by atoms with Crippen molar-refractivity contribution < 1.29 is 24.2 Å². The lowest BCUT2D eigenvalue weighted by Gasteiger charge is -2.11. The van der Waals surface area contributed by atoms with Gasteiger partial charge in [0.1, 0.15) is 0 Å². The van der Waals surface area contributed by atoms with E-state index in [0.717, 1.165) is 18.2 Å². The normalized spacial score (nSPS) is 11.9. The predicted molar refractivity (Wildman–Crippen MR) is 93.7 cm³/mol. The maximum absolute atomic E-state index is 12.7. The van der Waals surface area contributed by atoms with Gasteiger partial charge in [-0.1, -0.05) is 13.8 Å². The second-order valence-corrected chi connectivity index (χ2v) is 6.48. The molecule has 0 heterocycles. The van der Waals surface area contributed by atoms with Gasteiger partial charge in [-0.05, 0) is 17.5 Å². The molecule has 0 unspecified atom stereocenters. The Labute approximate surface area is 152 Å². The van der Waals surface area contributed by atoms with Gasteiger partial charge >= 0.3 is 5.97 Å². The highest BCUT2D eigenvalue weighted by Crippen LogP contribution is 2.42. The molecule has 0 saturated heterocycles. The average molecular weight is 370 g/mol. The fraction of sp³-hybridized carbons (Fsp3) is 0.222. The number of rotatable bonds is 5. The van der Waals surface area contributed by atoms with Crippen LogP contribution in [0.5, 0.6) is 0 Å². The quantitative estimate of drug-likeness (QED) is 0.381. The van der Waals surface area contributed by atoms with Crippen LogP contribution in [0.25, 0.3) is 11.1 Å². The summed E-state index contributed by atoms with van der Waals surface area (Å²) in [5.41, 5.74) is -0.333. The van der Waals surface area contributed by atoms with Crippen LogP contribution in [0, 0.1) is 26.1 Å². The first-order valence-electron chi connectivity index (χ1n) is 8.03. The minimum Gasteiger partial charge on any atom is -0.462 e. The number of benzene rings is 2. The van der Waals surface area contributed by atoms with Crippen LogP contribution in [0.15, 0.2) is 30.3 Å². The third-order valence-electron chi connectivity index (χ3n) is 4.07. The molecule has 27 heavy (non-hydrogen) atoms. The summed E-state index contributed by atoms with van der Waals surface area (Å²) in [4.78, 5) is 46.0. The minimum atomic E-state index is -0.789. The highest BCUT2D eigenvalue weighted by molar-refractivity contribution is 6.24. The first kappa shape index (κ1) is 18.2. The third-order valence-corrected chi connectivity index (χ3v) is 4.07. The number of nitro benzene ring substituents is 2. The number of fused-ring (bicyclic) bond motifs is 3. The lowest BCUT2D eigenvalue weighted by molar-refractivity contribution is -0.385. The van der Waals surface area contributed by atoms with Crippen LogP contribution in [-0.2, 0) is 4.74 Å². The number of carbonyl (C=O) groups is 2. The Kier molecular flexibility index (Phi) is 4.44. The van der Waals surface area contributed by atoms with Crippen LogP contribution >= 0.6 is 0 Å². The SMILES string of the molecule is CC(C)COC(=O)c1cc([N+](=O)[O-])cc2c1-c1ccc([N+](=O)[O-])cc1C2=O. The van der Waals surface area contributed by atoms with Gasteiger partial charge in [-0.3, -0.25) is 25.0 Å². The molecule has 1 aliphatic rings. The number of ketones is 1. The van der Waals surface area contributed by atoms with Crippen LogP contribution in [-0.4, -0.2) is 28.2 Å². The Balaban J connectivity index is 2.21. The molecule has 0 N–H and O–H groups in total. The molecule has 138 valence electrons. The van der Waals surface area contributed by atoms with E-state index in [1.54, 1.807) is 0 Å². The van der Waals surface area contributed by atoms with Gasteiger partial charge in [0, 0.05) is 41.0 Å². The number of ether oxygens (including phenoxy) is 1. The molecule has 0 aromatic heterocycles. The van der Waals surface area contributed by atoms with Crippen LogP contribution in [0.4, 0.5) is 11.4 Å². The summed E-state index contributed by atoms with van der Waals surface area (Å²) < 4.78 is 5.18. The van der Waals surface area contributed by atoms with Crippen LogP contribution in [0.2, 0.25) is 0 Å². The van der Waals surface area contributed by atoms with E-state index < -0.39 is 27.3 Å². The number of esters is 1. The van der Waals surface area contributed by atoms with Crippen molar-refractivity contribution in [2.45, 2.75) is 13.8 Å². The molecule has 0 fully saturated rings. The van der Waals surface area contributed by atoms with Gasteiger partial charge in [0.05, 0.1) is 22.0 Å². The molecule has 9 heteroatoms. The molecule has 0 bridgehead atoms. The number of nitrogens with zero attached hydrogens (tertiary/aromatic N) is 2. The second kappa shape index (κ2) is 6.60. The average Bonchev–Trinajstić information content (AvgIpc) is 2.91. The number of hydrogen-bond donors (Lipinski definition) is 0. The predicted octanol–water partition coefficient (Wildman–Crippen LogP) is 3.53. The molecule has 0 spiro atoms. The van der Waals surface area contributed by atoms with E-state index in [-0.39, 0.29) is 40.5 Å². The summed E-state index contributed by atoms with van der Waals surface area (Å²) in [7, 11) is 0. The van der Waals surface area contributed by atoms with Crippen molar-refractivity contribution >= 4 is 23.1 Å². The molecule has 9 nitrogen and oxygen atoms in total. The molecular formula is C18H14N2O7. The first-order chi connectivity index (χ1) is 12.7. The molecule has 2 aromatic carbocycles.